The maximum atomic E-state index is 12.3. The first-order chi connectivity index (χ1) is 9.61. The topological polar surface area (TPSA) is 29.1 Å². The molecule has 0 aliphatic rings. The third kappa shape index (κ3) is 3.60. The lowest BCUT2D eigenvalue weighted by Crippen LogP contribution is -2.13. The van der Waals surface area contributed by atoms with Crippen molar-refractivity contribution in [1.82, 2.24) is 0 Å². The van der Waals surface area contributed by atoms with Gasteiger partial charge < -0.3 is 5.32 Å². The van der Waals surface area contributed by atoms with Gasteiger partial charge in [0.2, 0.25) is 0 Å². The van der Waals surface area contributed by atoms with Crippen molar-refractivity contribution in [2.24, 2.45) is 0 Å². The summed E-state index contributed by atoms with van der Waals surface area (Å²) in [5.74, 6) is 0.375. The molecule has 0 aliphatic heterocycles. The summed E-state index contributed by atoms with van der Waals surface area (Å²) < 4.78 is 1.12. The molecule has 104 valence electrons. The molecule has 0 fully saturated rings. The monoisotopic (exact) mass is 379 g/mol. The van der Waals surface area contributed by atoms with Crippen LogP contribution in [0.4, 0.5) is 5.69 Å². The summed E-state index contributed by atoms with van der Waals surface area (Å²) in [4.78, 5) is 12.3. The fraction of sp³-hybridized carbons (Fsp3) is 0.235. The van der Waals surface area contributed by atoms with Gasteiger partial charge in [-0.05, 0) is 70.8 Å². The highest BCUT2D eigenvalue weighted by Gasteiger charge is 2.12. The van der Waals surface area contributed by atoms with E-state index in [1.807, 2.05) is 42.5 Å². The molecule has 20 heavy (non-hydrogen) atoms. The smallest absolute Gasteiger partial charge is 0.255 e. The van der Waals surface area contributed by atoms with Crippen molar-refractivity contribution in [3.05, 3.63) is 63.2 Å². The Morgan fingerprint density at radius 1 is 1.15 bits per heavy atom. The molecular formula is C17H18INO. The molecule has 3 heteroatoms. The quantitative estimate of drug-likeness (QED) is 0.740. The molecule has 0 radical (unpaired) electrons. The van der Waals surface area contributed by atoms with Crippen LogP contribution >= 0.6 is 22.6 Å². The highest BCUT2D eigenvalue weighted by atomic mass is 127. The summed E-state index contributed by atoms with van der Waals surface area (Å²) in [5, 5.41) is 3.02. The summed E-state index contributed by atoms with van der Waals surface area (Å²) in [7, 11) is 0. The fourth-order valence-electron chi connectivity index (χ4n) is 2.06. The zero-order valence-electron chi connectivity index (χ0n) is 11.7. The van der Waals surface area contributed by atoms with Crippen LogP contribution in [-0.4, -0.2) is 5.91 Å². The third-order valence-corrected chi connectivity index (χ3v) is 4.18. The molecular weight excluding hydrogens is 361 g/mol. The number of rotatable bonds is 4. The van der Waals surface area contributed by atoms with E-state index in [4.69, 9.17) is 0 Å². The van der Waals surface area contributed by atoms with E-state index < -0.39 is 0 Å². The minimum Gasteiger partial charge on any atom is -0.322 e. The van der Waals surface area contributed by atoms with Crippen molar-refractivity contribution in [2.75, 3.05) is 5.32 Å². The van der Waals surface area contributed by atoms with Gasteiger partial charge in [-0.25, -0.2) is 0 Å². The Kier molecular flexibility index (Phi) is 5.17. The standard InChI is InChI=1S/C17H18INO/c1-3-12(2)15-6-4-5-7-16(15)19-17(20)13-8-10-14(18)11-9-13/h4-12H,3H2,1-2H3,(H,19,20)/t12-/m0/s1. The van der Waals surface area contributed by atoms with Crippen LogP contribution in [0.15, 0.2) is 48.5 Å². The van der Waals surface area contributed by atoms with Crippen LogP contribution in [0.5, 0.6) is 0 Å². The Balaban J connectivity index is 2.21. The summed E-state index contributed by atoms with van der Waals surface area (Å²) >= 11 is 2.23. The highest BCUT2D eigenvalue weighted by Crippen LogP contribution is 2.26. The second-order valence-corrected chi connectivity index (χ2v) is 6.10. The molecule has 2 aromatic rings. The first-order valence-corrected chi connectivity index (χ1v) is 7.85. The molecule has 0 aromatic heterocycles. The van der Waals surface area contributed by atoms with Crippen LogP contribution in [0.2, 0.25) is 0 Å². The molecule has 2 aromatic carbocycles. The fourth-order valence-corrected chi connectivity index (χ4v) is 2.42. The van der Waals surface area contributed by atoms with Gasteiger partial charge in [-0.2, -0.15) is 0 Å². The van der Waals surface area contributed by atoms with Crippen molar-refractivity contribution in [2.45, 2.75) is 26.2 Å². The zero-order valence-corrected chi connectivity index (χ0v) is 13.8. The van der Waals surface area contributed by atoms with E-state index in [1.165, 1.54) is 5.56 Å². The Bertz CT molecular complexity index is 592. The van der Waals surface area contributed by atoms with Gasteiger partial charge in [0.15, 0.2) is 0 Å². The normalized spacial score (nSPS) is 11.9. The molecule has 2 rings (SSSR count). The lowest BCUT2D eigenvalue weighted by Gasteiger charge is -2.15. The third-order valence-electron chi connectivity index (χ3n) is 3.46. The summed E-state index contributed by atoms with van der Waals surface area (Å²) in [6, 6.07) is 15.6. The van der Waals surface area contributed by atoms with Crippen LogP contribution in [0.3, 0.4) is 0 Å². The van der Waals surface area contributed by atoms with E-state index in [0.717, 1.165) is 15.7 Å². The number of hydrogen-bond donors (Lipinski definition) is 1. The number of amides is 1. The van der Waals surface area contributed by atoms with Crippen LogP contribution in [0, 0.1) is 3.57 Å². The van der Waals surface area contributed by atoms with Crippen LogP contribution in [-0.2, 0) is 0 Å². The number of hydrogen-bond acceptors (Lipinski definition) is 1. The summed E-state index contributed by atoms with van der Waals surface area (Å²) in [6.07, 6.45) is 1.05. The number of carbonyl (C=O) groups is 1. The second-order valence-electron chi connectivity index (χ2n) is 4.86. The van der Waals surface area contributed by atoms with Gasteiger partial charge in [-0.1, -0.05) is 32.0 Å². The first-order valence-electron chi connectivity index (χ1n) is 6.77. The maximum Gasteiger partial charge on any atom is 0.255 e. The van der Waals surface area contributed by atoms with Crippen molar-refractivity contribution in [3.63, 3.8) is 0 Å². The number of nitrogens with one attached hydrogen (secondary N) is 1. The zero-order chi connectivity index (χ0) is 14.5. The molecule has 1 N–H and O–H groups in total. The van der Waals surface area contributed by atoms with Gasteiger partial charge in [0.05, 0.1) is 0 Å². The number of anilines is 1. The molecule has 0 saturated carbocycles. The molecule has 2 nitrogen and oxygen atoms in total. The average Bonchev–Trinajstić information content (AvgIpc) is 2.47. The van der Waals surface area contributed by atoms with E-state index in [2.05, 4.69) is 47.8 Å². The van der Waals surface area contributed by atoms with Crippen molar-refractivity contribution in [3.8, 4) is 0 Å². The molecule has 0 aliphatic carbocycles. The van der Waals surface area contributed by atoms with Gasteiger partial charge in [0, 0.05) is 14.8 Å². The van der Waals surface area contributed by atoms with Crippen molar-refractivity contribution < 1.29 is 4.79 Å². The molecule has 0 bridgehead atoms. The Morgan fingerprint density at radius 2 is 1.80 bits per heavy atom. The molecule has 0 spiro atoms. The minimum absolute atomic E-state index is 0.0582. The Labute approximate surface area is 133 Å². The van der Waals surface area contributed by atoms with E-state index in [-0.39, 0.29) is 5.91 Å². The molecule has 1 amide bonds. The number of para-hydroxylation sites is 1. The molecule has 0 saturated heterocycles. The average molecular weight is 379 g/mol. The molecule has 0 heterocycles. The van der Waals surface area contributed by atoms with Crippen LogP contribution in [0.25, 0.3) is 0 Å². The van der Waals surface area contributed by atoms with Gasteiger partial charge in [0.25, 0.3) is 5.91 Å². The van der Waals surface area contributed by atoms with Crippen molar-refractivity contribution in [1.29, 1.82) is 0 Å². The number of carbonyl (C=O) groups excluding carboxylic acids is 1. The second kappa shape index (κ2) is 6.88. The van der Waals surface area contributed by atoms with Crippen LogP contribution < -0.4 is 5.32 Å². The van der Waals surface area contributed by atoms with Crippen LogP contribution in [0.1, 0.15) is 42.1 Å². The van der Waals surface area contributed by atoms with E-state index in [0.29, 0.717) is 11.5 Å². The van der Waals surface area contributed by atoms with Gasteiger partial charge in [0.1, 0.15) is 0 Å². The Morgan fingerprint density at radius 3 is 2.45 bits per heavy atom. The molecule has 0 unspecified atom stereocenters. The highest BCUT2D eigenvalue weighted by molar-refractivity contribution is 14.1. The SMILES string of the molecule is CC[C@H](C)c1ccccc1NC(=O)c1ccc(I)cc1. The first kappa shape index (κ1) is 15.0. The van der Waals surface area contributed by atoms with Gasteiger partial charge in [-0.15, -0.1) is 0 Å². The number of benzene rings is 2. The van der Waals surface area contributed by atoms with Gasteiger partial charge >= 0.3 is 0 Å². The van der Waals surface area contributed by atoms with E-state index in [9.17, 15) is 4.79 Å². The summed E-state index contributed by atoms with van der Waals surface area (Å²) in [6.45, 7) is 4.33. The predicted molar refractivity (Wildman–Crippen MR) is 92.3 cm³/mol. The minimum atomic E-state index is -0.0582. The lowest BCUT2D eigenvalue weighted by atomic mass is 9.97. The van der Waals surface area contributed by atoms with Gasteiger partial charge in [-0.3, -0.25) is 4.79 Å². The Hall–Kier alpha value is -1.36. The number of halogens is 1. The van der Waals surface area contributed by atoms with E-state index in [1.54, 1.807) is 0 Å². The predicted octanol–water partition coefficient (Wildman–Crippen LogP) is 5.06. The maximum absolute atomic E-state index is 12.3. The largest absolute Gasteiger partial charge is 0.322 e. The van der Waals surface area contributed by atoms with E-state index >= 15 is 0 Å². The lowest BCUT2D eigenvalue weighted by molar-refractivity contribution is 0.102. The summed E-state index contributed by atoms with van der Waals surface area (Å²) in [5.41, 5.74) is 2.78. The molecule has 1 atom stereocenters. The van der Waals surface area contributed by atoms with Crippen molar-refractivity contribution >= 4 is 34.2 Å².